The van der Waals surface area contributed by atoms with E-state index < -0.39 is 0 Å². The fourth-order valence-electron chi connectivity index (χ4n) is 1.94. The predicted molar refractivity (Wildman–Crippen MR) is 65.1 cm³/mol. The highest BCUT2D eigenvalue weighted by Crippen LogP contribution is 2.27. The Labute approximate surface area is 104 Å². The number of hydrogen-bond donors (Lipinski definition) is 2. The van der Waals surface area contributed by atoms with Crippen molar-refractivity contribution in [2.75, 3.05) is 30.3 Å². The monoisotopic (exact) mass is 258 g/mol. The molecule has 1 aromatic rings. The fourth-order valence-corrected chi connectivity index (χ4v) is 2.06. The minimum absolute atomic E-state index is 0.00837. The highest BCUT2D eigenvalue weighted by Gasteiger charge is 2.27. The number of ether oxygens (including phenoxy) is 1. The number of aliphatic hydroxyl groups excluding tert-OH is 1. The molecule has 0 aromatic carbocycles. The molecule has 0 bridgehead atoms. The third-order valence-electron chi connectivity index (χ3n) is 2.64. The van der Waals surface area contributed by atoms with Crippen molar-refractivity contribution in [2.24, 2.45) is 0 Å². The number of aliphatic hydroxyl groups is 1. The third kappa shape index (κ3) is 2.59. The van der Waals surface area contributed by atoms with Gasteiger partial charge in [0.1, 0.15) is 12.0 Å². The van der Waals surface area contributed by atoms with Gasteiger partial charge in [-0.1, -0.05) is 11.6 Å². The van der Waals surface area contributed by atoms with Crippen LogP contribution in [0.25, 0.3) is 0 Å². The van der Waals surface area contributed by atoms with Crippen molar-refractivity contribution in [1.82, 2.24) is 9.97 Å². The Hall–Kier alpha value is -1.11. The van der Waals surface area contributed by atoms with Gasteiger partial charge in [-0.2, -0.15) is 0 Å². The molecule has 1 aliphatic rings. The summed E-state index contributed by atoms with van der Waals surface area (Å²) in [4.78, 5) is 9.90. The summed E-state index contributed by atoms with van der Waals surface area (Å²) in [7, 11) is 0. The average Bonchev–Trinajstić information content (AvgIpc) is 2.31. The van der Waals surface area contributed by atoms with Crippen molar-refractivity contribution in [3.8, 4) is 0 Å². The van der Waals surface area contributed by atoms with E-state index in [0.29, 0.717) is 24.6 Å². The van der Waals surface area contributed by atoms with E-state index in [4.69, 9.17) is 27.2 Å². The number of morpholine rings is 1. The molecule has 6 nitrogen and oxygen atoms in total. The van der Waals surface area contributed by atoms with E-state index >= 15 is 0 Å². The lowest BCUT2D eigenvalue weighted by molar-refractivity contribution is -0.0422. The van der Waals surface area contributed by atoms with Gasteiger partial charge in [-0.05, 0) is 6.92 Å². The van der Waals surface area contributed by atoms with Gasteiger partial charge in [0.05, 0.1) is 18.8 Å². The summed E-state index contributed by atoms with van der Waals surface area (Å²) in [5, 5.41) is 9.40. The number of halogens is 1. The maximum absolute atomic E-state index is 9.16. The second-order valence-electron chi connectivity index (χ2n) is 4.06. The molecular formula is C10H15ClN4O2. The van der Waals surface area contributed by atoms with E-state index in [1.807, 2.05) is 11.8 Å². The van der Waals surface area contributed by atoms with Crippen molar-refractivity contribution in [2.45, 2.75) is 19.1 Å². The Bertz CT molecular complexity index is 404. The molecule has 1 saturated heterocycles. The molecule has 0 amide bonds. The SMILES string of the molecule is CC1CN(c2ncnc(Cl)c2N)CC(CO)O1. The first-order valence-electron chi connectivity index (χ1n) is 5.39. The molecule has 7 heteroatoms. The van der Waals surface area contributed by atoms with Crippen LogP contribution < -0.4 is 10.6 Å². The molecule has 2 rings (SSSR count). The summed E-state index contributed by atoms with van der Waals surface area (Å²) >= 11 is 5.86. The minimum atomic E-state index is -0.230. The first-order chi connectivity index (χ1) is 8.11. The largest absolute Gasteiger partial charge is 0.394 e. The van der Waals surface area contributed by atoms with Gasteiger partial charge in [-0.15, -0.1) is 0 Å². The van der Waals surface area contributed by atoms with Gasteiger partial charge >= 0.3 is 0 Å². The van der Waals surface area contributed by atoms with E-state index in [2.05, 4.69) is 9.97 Å². The molecule has 0 saturated carbocycles. The summed E-state index contributed by atoms with van der Waals surface area (Å²) in [5.74, 6) is 0.596. The second-order valence-corrected chi connectivity index (χ2v) is 4.42. The van der Waals surface area contributed by atoms with Gasteiger partial charge in [0.15, 0.2) is 11.0 Å². The molecule has 2 atom stereocenters. The Morgan fingerprint density at radius 3 is 3.06 bits per heavy atom. The normalized spacial score (nSPS) is 25.0. The molecular weight excluding hydrogens is 244 g/mol. The van der Waals surface area contributed by atoms with E-state index in [0.717, 1.165) is 0 Å². The zero-order valence-corrected chi connectivity index (χ0v) is 10.3. The van der Waals surface area contributed by atoms with E-state index in [1.54, 1.807) is 0 Å². The maximum atomic E-state index is 9.16. The van der Waals surface area contributed by atoms with Crippen LogP contribution in [0.1, 0.15) is 6.92 Å². The molecule has 94 valence electrons. The van der Waals surface area contributed by atoms with Crippen molar-refractivity contribution in [3.05, 3.63) is 11.5 Å². The Morgan fingerprint density at radius 1 is 1.59 bits per heavy atom. The second kappa shape index (κ2) is 5.03. The lowest BCUT2D eigenvalue weighted by Crippen LogP contribution is -2.48. The highest BCUT2D eigenvalue weighted by molar-refractivity contribution is 6.32. The van der Waals surface area contributed by atoms with E-state index in [-0.39, 0.29) is 24.0 Å². The number of rotatable bonds is 2. The number of anilines is 2. The highest BCUT2D eigenvalue weighted by atomic mass is 35.5. The Morgan fingerprint density at radius 2 is 2.35 bits per heavy atom. The molecule has 0 spiro atoms. The Balaban J connectivity index is 2.23. The van der Waals surface area contributed by atoms with Crippen LogP contribution in [0.15, 0.2) is 6.33 Å². The van der Waals surface area contributed by atoms with Crippen LogP contribution >= 0.6 is 11.6 Å². The molecule has 1 aliphatic heterocycles. The van der Waals surface area contributed by atoms with Crippen LogP contribution in [0.5, 0.6) is 0 Å². The number of nitrogens with zero attached hydrogens (tertiary/aromatic N) is 3. The summed E-state index contributed by atoms with van der Waals surface area (Å²) in [6.07, 6.45) is 1.16. The van der Waals surface area contributed by atoms with Gasteiger partial charge in [-0.25, -0.2) is 9.97 Å². The zero-order valence-electron chi connectivity index (χ0n) is 9.51. The number of nitrogen functional groups attached to an aromatic ring is 1. The molecule has 0 aliphatic carbocycles. The average molecular weight is 259 g/mol. The van der Waals surface area contributed by atoms with Crippen LogP contribution in [0.3, 0.4) is 0 Å². The lowest BCUT2D eigenvalue weighted by atomic mass is 10.2. The zero-order chi connectivity index (χ0) is 12.4. The number of aromatic nitrogens is 2. The van der Waals surface area contributed by atoms with Crippen LogP contribution in [0, 0.1) is 0 Å². The number of hydrogen-bond acceptors (Lipinski definition) is 6. The minimum Gasteiger partial charge on any atom is -0.394 e. The third-order valence-corrected chi connectivity index (χ3v) is 2.94. The summed E-state index contributed by atoms with van der Waals surface area (Å²) in [6.45, 7) is 3.11. The maximum Gasteiger partial charge on any atom is 0.157 e. The first-order valence-corrected chi connectivity index (χ1v) is 5.77. The van der Waals surface area contributed by atoms with Crippen molar-refractivity contribution < 1.29 is 9.84 Å². The first kappa shape index (κ1) is 12.3. The van der Waals surface area contributed by atoms with E-state index in [9.17, 15) is 0 Å². The van der Waals surface area contributed by atoms with Gasteiger partial charge < -0.3 is 20.5 Å². The molecule has 1 aromatic heterocycles. The summed E-state index contributed by atoms with van der Waals surface area (Å²) < 4.78 is 5.55. The molecule has 2 heterocycles. The van der Waals surface area contributed by atoms with Crippen LogP contribution in [-0.2, 0) is 4.74 Å². The van der Waals surface area contributed by atoms with Gasteiger partial charge in [0, 0.05) is 13.1 Å². The van der Waals surface area contributed by atoms with Gasteiger partial charge in [0.2, 0.25) is 0 Å². The smallest absolute Gasteiger partial charge is 0.157 e. The van der Waals surface area contributed by atoms with Gasteiger partial charge in [0.25, 0.3) is 0 Å². The van der Waals surface area contributed by atoms with Crippen LogP contribution in [0.4, 0.5) is 11.5 Å². The van der Waals surface area contributed by atoms with Gasteiger partial charge in [-0.3, -0.25) is 0 Å². The number of nitrogens with two attached hydrogens (primary N) is 1. The molecule has 1 fully saturated rings. The Kier molecular flexibility index (Phi) is 3.66. The standard InChI is InChI=1S/C10H15ClN4O2/c1-6-2-15(3-7(4-16)17-6)10-8(12)9(11)13-5-14-10/h5-7,16H,2-4,12H2,1H3. The molecule has 3 N–H and O–H groups in total. The van der Waals surface area contributed by atoms with Crippen molar-refractivity contribution in [1.29, 1.82) is 0 Å². The summed E-state index contributed by atoms with van der Waals surface area (Å²) in [6, 6.07) is 0. The molecule has 17 heavy (non-hydrogen) atoms. The van der Waals surface area contributed by atoms with E-state index in [1.165, 1.54) is 6.33 Å². The quantitative estimate of drug-likeness (QED) is 0.742. The van der Waals surface area contributed by atoms with Crippen molar-refractivity contribution in [3.63, 3.8) is 0 Å². The topological polar surface area (TPSA) is 84.5 Å². The predicted octanol–water partition coefficient (Wildman–Crippen LogP) is 0.298. The molecule has 2 unspecified atom stereocenters. The summed E-state index contributed by atoms with van der Waals surface area (Å²) in [5.41, 5.74) is 6.20. The van der Waals surface area contributed by atoms with Crippen LogP contribution in [-0.4, -0.2) is 47.0 Å². The van der Waals surface area contributed by atoms with Crippen molar-refractivity contribution >= 4 is 23.1 Å². The molecule has 0 radical (unpaired) electrons. The van der Waals surface area contributed by atoms with Crippen LogP contribution in [0.2, 0.25) is 5.15 Å². The fraction of sp³-hybridized carbons (Fsp3) is 0.600. The lowest BCUT2D eigenvalue weighted by Gasteiger charge is -2.37.